The molecule has 0 aliphatic carbocycles. The Hall–Kier alpha value is -4.11. The summed E-state index contributed by atoms with van der Waals surface area (Å²) in [6.45, 7) is -1.03. The summed E-state index contributed by atoms with van der Waals surface area (Å²) in [5, 5.41) is 72.0. The van der Waals surface area contributed by atoms with Gasteiger partial charge in [0.05, 0.1) is 19.1 Å². The van der Waals surface area contributed by atoms with E-state index in [-0.39, 0.29) is 35.5 Å². The predicted molar refractivity (Wildman–Crippen MR) is 135 cm³/mol. The molecule has 0 saturated carbocycles. The number of benzene rings is 1. The molecule has 234 valence electrons. The van der Waals surface area contributed by atoms with Crippen LogP contribution >= 0.6 is 0 Å². The van der Waals surface area contributed by atoms with Gasteiger partial charge in [-0.05, 0) is 17.7 Å². The molecule has 1 aromatic rings. The van der Waals surface area contributed by atoms with E-state index >= 15 is 0 Å². The van der Waals surface area contributed by atoms with Crippen LogP contribution in [0.15, 0.2) is 35.6 Å². The van der Waals surface area contributed by atoms with Crippen LogP contribution in [-0.4, -0.2) is 127 Å². The molecule has 1 saturated heterocycles. The Morgan fingerprint density at radius 2 is 1.77 bits per heavy atom. The third-order valence-corrected chi connectivity index (χ3v) is 7.26. The first-order valence-electron chi connectivity index (χ1n) is 12.4. The number of nitrogens with zero attached hydrogens (tertiary/aromatic N) is 1. The maximum Gasteiger partial charge on any atom is 0.373 e. The first kappa shape index (κ1) is 31.8. The number of hydrogen-bond donors (Lipinski definition) is 8. The van der Waals surface area contributed by atoms with E-state index in [2.05, 4.69) is 9.50 Å². The normalized spacial score (nSPS) is 30.8. The molecule has 4 rings (SSSR count). The first-order chi connectivity index (χ1) is 20.1. The van der Waals surface area contributed by atoms with Crippen LogP contribution in [0.2, 0.25) is 0 Å². The molecule has 1 fully saturated rings. The summed E-state index contributed by atoms with van der Waals surface area (Å²) in [4.78, 5) is 34.9. The summed E-state index contributed by atoms with van der Waals surface area (Å²) in [5.41, 5.74) is 0.390. The molecule has 0 spiro atoms. The number of hydrogen-bond acceptors (Lipinski definition) is 14. The third-order valence-electron chi connectivity index (χ3n) is 6.84. The molecule has 0 amide bonds. The Bertz CT molecular complexity index is 1520. The summed E-state index contributed by atoms with van der Waals surface area (Å²) in [6, 6.07) is -0.121. The highest BCUT2D eigenvalue weighted by atomic mass is 32.3. The minimum absolute atomic E-state index is 0.115. The number of aliphatic hydroxyl groups is 3. The number of carbonyl (C=O) groups is 3. The van der Waals surface area contributed by atoms with E-state index in [0.29, 0.717) is 5.56 Å². The molecule has 3 aliphatic rings. The van der Waals surface area contributed by atoms with Crippen molar-refractivity contribution >= 4 is 40.2 Å². The van der Waals surface area contributed by atoms with Gasteiger partial charge in [0, 0.05) is 18.1 Å². The summed E-state index contributed by atoms with van der Waals surface area (Å²) in [7, 11) is -5.19. The van der Waals surface area contributed by atoms with Crippen molar-refractivity contribution in [1.29, 1.82) is 0 Å². The lowest BCUT2D eigenvalue weighted by atomic mass is 9.99. The first-order valence-corrected chi connectivity index (χ1v) is 13.7. The van der Waals surface area contributed by atoms with Crippen LogP contribution in [0.1, 0.15) is 12.0 Å². The van der Waals surface area contributed by atoms with Gasteiger partial charge in [-0.3, -0.25) is 4.18 Å². The maximum absolute atomic E-state index is 12.0. The van der Waals surface area contributed by atoms with Gasteiger partial charge in [-0.15, -0.1) is 0 Å². The second kappa shape index (κ2) is 12.2. The van der Waals surface area contributed by atoms with Crippen LogP contribution in [0, 0.1) is 0 Å². The van der Waals surface area contributed by atoms with Crippen LogP contribution in [0.5, 0.6) is 11.5 Å². The van der Waals surface area contributed by atoms with Crippen molar-refractivity contribution in [3.63, 3.8) is 0 Å². The van der Waals surface area contributed by atoms with Crippen LogP contribution in [-0.2, 0) is 40.1 Å². The molecule has 1 aromatic carbocycles. The molecular formula is C24H26N2O16S. The van der Waals surface area contributed by atoms with Crippen LogP contribution < -0.4 is 10.1 Å². The van der Waals surface area contributed by atoms with Crippen molar-refractivity contribution in [2.24, 2.45) is 0 Å². The monoisotopic (exact) mass is 630 g/mol. The molecule has 0 radical (unpaired) electrons. The van der Waals surface area contributed by atoms with Gasteiger partial charge in [0.25, 0.3) is 6.04 Å². The van der Waals surface area contributed by atoms with E-state index < -0.39 is 83.5 Å². The average molecular weight is 631 g/mol. The molecule has 0 aromatic heterocycles. The topological polar surface area (TPSA) is 293 Å². The summed E-state index contributed by atoms with van der Waals surface area (Å²) >= 11 is 0. The predicted octanol–water partition coefficient (Wildman–Crippen LogP) is -2.88. The number of phenolic OH excluding ortho intramolecular Hbond substituents is 1. The van der Waals surface area contributed by atoms with Crippen molar-refractivity contribution in [3.8, 4) is 11.5 Å². The van der Waals surface area contributed by atoms with E-state index in [1.165, 1.54) is 29.0 Å². The third kappa shape index (κ3) is 7.10. The fraction of sp³-hybridized carbons (Fsp3) is 0.417. The molecule has 0 bridgehead atoms. The van der Waals surface area contributed by atoms with E-state index in [9.17, 15) is 63.1 Å². The summed E-state index contributed by atoms with van der Waals surface area (Å²) in [6.07, 6.45) is -5.63. The quantitative estimate of drug-likeness (QED) is 0.0772. The van der Waals surface area contributed by atoms with Gasteiger partial charge in [0.15, 0.2) is 17.7 Å². The van der Waals surface area contributed by atoms with E-state index in [1.54, 1.807) is 0 Å². The smallest absolute Gasteiger partial charge is 0.373 e. The maximum atomic E-state index is 12.0. The number of ether oxygens (including phenoxy) is 2. The van der Waals surface area contributed by atoms with Crippen LogP contribution in [0.4, 0.5) is 5.69 Å². The fourth-order valence-corrected chi connectivity index (χ4v) is 5.02. The van der Waals surface area contributed by atoms with Crippen LogP contribution in [0.3, 0.4) is 0 Å². The Kier molecular flexibility index (Phi) is 9.06. The highest BCUT2D eigenvalue weighted by Crippen LogP contribution is 2.40. The lowest BCUT2D eigenvalue weighted by molar-refractivity contribution is -0.456. The second-order valence-electron chi connectivity index (χ2n) is 9.73. The van der Waals surface area contributed by atoms with E-state index in [1.807, 2.05) is 0 Å². The highest BCUT2D eigenvalue weighted by molar-refractivity contribution is 7.80. The minimum atomic E-state index is -5.19. The van der Waals surface area contributed by atoms with Crippen molar-refractivity contribution in [3.05, 3.63) is 41.1 Å². The number of rotatable bonds is 9. The number of allylic oxidation sites excluding steroid dienone is 2. The van der Waals surface area contributed by atoms with Gasteiger partial charge < -0.3 is 55.1 Å². The Labute approximate surface area is 241 Å². The van der Waals surface area contributed by atoms with Gasteiger partial charge >= 0.3 is 17.9 Å². The molecule has 3 aliphatic heterocycles. The van der Waals surface area contributed by atoms with Gasteiger partial charge in [0.2, 0.25) is 22.4 Å². The van der Waals surface area contributed by atoms with Crippen LogP contribution in [0.25, 0.3) is 0 Å². The summed E-state index contributed by atoms with van der Waals surface area (Å²) < 4.78 is 48.4. The molecular weight excluding hydrogens is 604 g/mol. The zero-order valence-corrected chi connectivity index (χ0v) is 22.5. The molecule has 43 heavy (non-hydrogen) atoms. The van der Waals surface area contributed by atoms with Crippen molar-refractivity contribution in [2.75, 3.05) is 6.61 Å². The largest absolute Gasteiger partial charge is 0.726 e. The zero-order chi connectivity index (χ0) is 31.8. The number of aliphatic hydroxyl groups excluding tert-OH is 3. The van der Waals surface area contributed by atoms with Crippen molar-refractivity contribution in [2.45, 2.75) is 55.6 Å². The lowest BCUT2D eigenvalue weighted by Gasteiger charge is -2.40. The standard InChI is InChI=1S/C24H26N2O16S/c27-15-7-13-10(6-16(15)41-24-20(30)19(29)18(28)17(42-24)8-40-43(37,38)39)5-14(23(35)36)26(13)2-1-9-3-11(21(31)32)25-12(4-9)22(33)34/h1-3,6-7,12,14,17-20,24,28-30H,4-5,8H2,(H5,27,31,32,33,34,35,36,37,38,39). The van der Waals surface area contributed by atoms with Crippen molar-refractivity contribution in [1.82, 2.24) is 5.32 Å². The van der Waals surface area contributed by atoms with Gasteiger partial charge in [-0.1, -0.05) is 0 Å². The van der Waals surface area contributed by atoms with E-state index in [4.69, 9.17) is 9.47 Å². The Balaban J connectivity index is 1.63. The number of fused-ring (bicyclic) bond motifs is 1. The Morgan fingerprint density at radius 1 is 1.07 bits per heavy atom. The van der Waals surface area contributed by atoms with E-state index in [0.717, 1.165) is 6.07 Å². The molecule has 18 nitrogen and oxygen atoms in total. The fourth-order valence-electron chi connectivity index (χ4n) is 4.71. The number of carboxylic acids is 3. The average Bonchev–Trinajstić information content (AvgIpc) is 3.28. The van der Waals surface area contributed by atoms with Gasteiger partial charge in [-0.2, -0.15) is 4.58 Å². The number of phenols is 1. The minimum Gasteiger partial charge on any atom is -0.726 e. The molecule has 7 atom stereocenters. The van der Waals surface area contributed by atoms with Crippen molar-refractivity contribution < 1.29 is 81.3 Å². The lowest BCUT2D eigenvalue weighted by Crippen LogP contribution is -2.60. The molecule has 19 heteroatoms. The van der Waals surface area contributed by atoms with Gasteiger partial charge in [-0.25, -0.2) is 22.8 Å². The number of aliphatic carboxylic acids is 3. The second-order valence-corrected chi connectivity index (χ2v) is 10.8. The molecule has 8 N–H and O–H groups in total. The highest BCUT2D eigenvalue weighted by Gasteiger charge is 2.46. The van der Waals surface area contributed by atoms with Gasteiger partial charge in [0.1, 0.15) is 36.2 Å². The summed E-state index contributed by atoms with van der Waals surface area (Å²) in [5.74, 6) is -4.92. The molecule has 7 unspecified atom stereocenters. The zero-order valence-electron chi connectivity index (χ0n) is 21.7. The number of aromatic hydroxyl groups is 1. The Morgan fingerprint density at radius 3 is 2.37 bits per heavy atom. The number of nitrogens with one attached hydrogen (secondary N) is 1. The number of carboxylic acid groups (broad SMARTS) is 3. The SMILES string of the molecule is O=C(O)C1=C/C(=C/C=[N+]2c3cc(O)c(OC4OC(COS(=O)(=O)[O-])C(O)C(O)C4O)cc3CC2C(=O)O)CC(C(=O)O)N1. The molecule has 3 heterocycles.